The van der Waals surface area contributed by atoms with Gasteiger partial charge in [-0.15, -0.1) is 0 Å². The number of aryl methyl sites for hydroxylation is 1. The monoisotopic (exact) mass is 353 g/mol. The van der Waals surface area contributed by atoms with Crippen LogP contribution in [0.4, 0.5) is 13.2 Å². The van der Waals surface area contributed by atoms with Crippen molar-refractivity contribution in [3.8, 4) is 0 Å². The minimum atomic E-state index is -4.89. The van der Waals surface area contributed by atoms with Gasteiger partial charge in [0.25, 0.3) is 0 Å². The van der Waals surface area contributed by atoms with Crippen molar-refractivity contribution in [3.63, 3.8) is 0 Å². The Morgan fingerprint density at radius 2 is 1.79 bits per heavy atom. The van der Waals surface area contributed by atoms with E-state index in [9.17, 15) is 18.3 Å². The van der Waals surface area contributed by atoms with Crippen molar-refractivity contribution in [1.82, 2.24) is 0 Å². The van der Waals surface area contributed by atoms with Crippen molar-refractivity contribution in [2.24, 2.45) is 5.16 Å². The molecule has 0 aromatic heterocycles. The molecule has 1 atom stereocenters. The predicted molar refractivity (Wildman–Crippen MR) is 85.0 cm³/mol. The fourth-order valence-electron chi connectivity index (χ4n) is 2.24. The van der Waals surface area contributed by atoms with E-state index >= 15 is 0 Å². The molecule has 1 heterocycles. The van der Waals surface area contributed by atoms with Crippen LogP contribution in [0.25, 0.3) is 0 Å². The van der Waals surface area contributed by atoms with Gasteiger partial charge in [-0.2, -0.15) is 13.2 Å². The number of aliphatic hydroxyl groups is 1. The molecule has 0 aliphatic carbocycles. The minimum absolute atomic E-state index is 0.0715. The maximum absolute atomic E-state index is 12.7. The maximum Gasteiger partial charge on any atom is 0.458 e. The zero-order valence-electron chi connectivity index (χ0n) is 12.7. The van der Waals surface area contributed by atoms with Crippen molar-refractivity contribution >= 4 is 17.5 Å². The van der Waals surface area contributed by atoms with E-state index in [1.54, 1.807) is 36.0 Å². The van der Waals surface area contributed by atoms with E-state index in [2.05, 4.69) is 9.99 Å². The number of rotatable bonds is 3. The number of alkyl halides is 3. The molecule has 0 fully saturated rings. The molecule has 0 radical (unpaired) electrons. The summed E-state index contributed by atoms with van der Waals surface area (Å²) < 4.78 is 38.2. The Hall–Kier alpha value is -1.99. The van der Waals surface area contributed by atoms with E-state index in [1.165, 1.54) is 0 Å². The molecule has 1 aliphatic heterocycles. The Bertz CT molecular complexity index is 774. The van der Waals surface area contributed by atoms with Crippen LogP contribution in [0.2, 0.25) is 0 Å². The van der Waals surface area contributed by atoms with Gasteiger partial charge < -0.3 is 9.94 Å². The standard InChI is InChI=1S/C17H14F3NO2S/c1-11-4-2-3-5-15(11)24-13-8-6-12(7-9-13)14-10-16(22,23-21-14)17(18,19)20/h2-9,22H,10H2,1H3. The highest BCUT2D eigenvalue weighted by Gasteiger charge is 2.60. The molecular formula is C17H14F3NO2S. The second-order valence-corrected chi connectivity index (χ2v) is 6.60. The fourth-order valence-corrected chi connectivity index (χ4v) is 3.14. The molecule has 0 bridgehead atoms. The van der Waals surface area contributed by atoms with Crippen LogP contribution in [0.5, 0.6) is 0 Å². The lowest BCUT2D eigenvalue weighted by molar-refractivity contribution is -0.355. The summed E-state index contributed by atoms with van der Waals surface area (Å²) in [5, 5.41) is 12.9. The number of oxime groups is 1. The number of benzene rings is 2. The van der Waals surface area contributed by atoms with Crippen molar-refractivity contribution < 1.29 is 23.1 Å². The third kappa shape index (κ3) is 3.27. The Morgan fingerprint density at radius 3 is 2.38 bits per heavy atom. The highest BCUT2D eigenvalue weighted by atomic mass is 32.2. The molecule has 3 nitrogen and oxygen atoms in total. The van der Waals surface area contributed by atoms with E-state index < -0.39 is 18.4 Å². The summed E-state index contributed by atoms with van der Waals surface area (Å²) in [7, 11) is 0. The summed E-state index contributed by atoms with van der Waals surface area (Å²) >= 11 is 1.57. The van der Waals surface area contributed by atoms with Gasteiger partial charge in [0.1, 0.15) is 0 Å². The van der Waals surface area contributed by atoms with Crippen molar-refractivity contribution in [2.75, 3.05) is 0 Å². The van der Waals surface area contributed by atoms with E-state index in [0.29, 0.717) is 5.56 Å². The van der Waals surface area contributed by atoms with E-state index in [4.69, 9.17) is 0 Å². The summed E-state index contributed by atoms with van der Waals surface area (Å²) in [5.41, 5.74) is 1.71. The number of hydrogen-bond donors (Lipinski definition) is 1. The SMILES string of the molecule is Cc1ccccc1Sc1ccc(C2=NOC(O)(C(F)(F)F)C2)cc1. The highest BCUT2D eigenvalue weighted by molar-refractivity contribution is 7.99. The molecule has 7 heteroatoms. The molecule has 0 saturated heterocycles. The molecule has 2 aromatic rings. The highest BCUT2D eigenvalue weighted by Crippen LogP contribution is 2.39. The largest absolute Gasteiger partial charge is 0.458 e. The topological polar surface area (TPSA) is 41.8 Å². The van der Waals surface area contributed by atoms with E-state index in [0.717, 1.165) is 15.4 Å². The first-order valence-corrected chi connectivity index (χ1v) is 7.98. The van der Waals surface area contributed by atoms with Gasteiger partial charge in [0.2, 0.25) is 0 Å². The molecule has 0 spiro atoms. The van der Waals surface area contributed by atoms with Gasteiger partial charge in [-0.1, -0.05) is 47.2 Å². The molecular weight excluding hydrogens is 339 g/mol. The van der Waals surface area contributed by atoms with Crippen LogP contribution < -0.4 is 0 Å². The molecule has 0 amide bonds. The van der Waals surface area contributed by atoms with Crippen LogP contribution in [0.1, 0.15) is 17.5 Å². The second kappa shape index (κ2) is 6.14. The first-order chi connectivity index (χ1) is 11.3. The Morgan fingerprint density at radius 1 is 1.12 bits per heavy atom. The molecule has 1 unspecified atom stereocenters. The predicted octanol–water partition coefficient (Wildman–Crippen LogP) is 4.52. The lowest BCUT2D eigenvalue weighted by Crippen LogP contribution is -2.45. The van der Waals surface area contributed by atoms with Gasteiger partial charge in [0.15, 0.2) is 0 Å². The third-order valence-corrected chi connectivity index (χ3v) is 4.85. The van der Waals surface area contributed by atoms with E-state index in [1.807, 2.05) is 31.2 Å². The lowest BCUT2D eigenvalue weighted by atomic mass is 10.0. The summed E-state index contributed by atoms with van der Waals surface area (Å²) in [6, 6.07) is 14.9. The molecule has 24 heavy (non-hydrogen) atoms. The molecule has 2 aromatic carbocycles. The van der Waals surface area contributed by atoms with Crippen LogP contribution in [0.15, 0.2) is 63.5 Å². The fraction of sp³-hybridized carbons (Fsp3) is 0.235. The van der Waals surface area contributed by atoms with Crippen LogP contribution in [0.3, 0.4) is 0 Å². The van der Waals surface area contributed by atoms with Crippen LogP contribution >= 0.6 is 11.8 Å². The number of nitrogens with zero attached hydrogens (tertiary/aromatic N) is 1. The van der Waals surface area contributed by atoms with Gasteiger partial charge in [0.05, 0.1) is 12.1 Å². The zero-order valence-corrected chi connectivity index (χ0v) is 13.5. The number of halogens is 3. The molecule has 126 valence electrons. The lowest BCUT2D eigenvalue weighted by Gasteiger charge is -2.22. The zero-order chi connectivity index (χ0) is 17.4. The van der Waals surface area contributed by atoms with Gasteiger partial charge in [-0.3, -0.25) is 0 Å². The first-order valence-electron chi connectivity index (χ1n) is 7.16. The molecule has 1 N–H and O–H groups in total. The smallest absolute Gasteiger partial charge is 0.350 e. The minimum Gasteiger partial charge on any atom is -0.350 e. The maximum atomic E-state index is 12.7. The Labute approximate surface area is 141 Å². The Kier molecular flexibility index (Phi) is 4.31. The van der Waals surface area contributed by atoms with Crippen LogP contribution in [0, 0.1) is 6.92 Å². The summed E-state index contributed by atoms with van der Waals surface area (Å²) in [4.78, 5) is 6.29. The van der Waals surface area contributed by atoms with Gasteiger partial charge in [-0.25, -0.2) is 0 Å². The summed E-state index contributed by atoms with van der Waals surface area (Å²) in [5.74, 6) is -3.24. The third-order valence-electron chi connectivity index (χ3n) is 3.67. The van der Waals surface area contributed by atoms with Crippen LogP contribution in [-0.4, -0.2) is 22.8 Å². The quantitative estimate of drug-likeness (QED) is 0.882. The molecule has 0 saturated carbocycles. The van der Waals surface area contributed by atoms with Gasteiger partial charge in [0, 0.05) is 9.79 Å². The number of hydrogen-bond acceptors (Lipinski definition) is 4. The Balaban J connectivity index is 1.73. The normalized spacial score (nSPS) is 20.6. The average Bonchev–Trinajstić information content (AvgIpc) is 2.94. The first kappa shape index (κ1) is 16.9. The van der Waals surface area contributed by atoms with Crippen molar-refractivity contribution in [2.45, 2.75) is 35.1 Å². The van der Waals surface area contributed by atoms with Gasteiger partial charge >= 0.3 is 12.0 Å². The van der Waals surface area contributed by atoms with Gasteiger partial charge in [-0.05, 0) is 36.2 Å². The van der Waals surface area contributed by atoms with Crippen molar-refractivity contribution in [3.05, 3.63) is 59.7 Å². The van der Waals surface area contributed by atoms with Crippen molar-refractivity contribution in [1.29, 1.82) is 0 Å². The summed E-state index contributed by atoms with van der Waals surface area (Å²) in [6.07, 6.45) is -5.61. The average molecular weight is 353 g/mol. The molecule has 3 rings (SSSR count). The molecule has 1 aliphatic rings. The second-order valence-electron chi connectivity index (χ2n) is 5.48. The van der Waals surface area contributed by atoms with Crippen LogP contribution in [-0.2, 0) is 4.84 Å². The van der Waals surface area contributed by atoms with E-state index in [-0.39, 0.29) is 5.71 Å². The summed E-state index contributed by atoms with van der Waals surface area (Å²) in [6.45, 7) is 2.01.